The molecule has 3 heteroatoms. The van der Waals surface area contributed by atoms with Gasteiger partial charge in [0.05, 0.1) is 12.0 Å². The normalized spacial score (nSPS) is 12.6. The number of aryl methyl sites for hydroxylation is 1. The van der Waals surface area contributed by atoms with Crippen LogP contribution in [0.1, 0.15) is 31.0 Å². The van der Waals surface area contributed by atoms with Gasteiger partial charge >= 0.3 is 0 Å². The maximum absolute atomic E-state index is 4.17. The lowest BCUT2D eigenvalue weighted by Gasteiger charge is -2.13. The van der Waals surface area contributed by atoms with Gasteiger partial charge in [0.1, 0.15) is 0 Å². The highest BCUT2D eigenvalue weighted by molar-refractivity contribution is 5.19. The van der Waals surface area contributed by atoms with Crippen LogP contribution in [0.2, 0.25) is 0 Å². The Hall–Kier alpha value is -1.61. The second-order valence-electron chi connectivity index (χ2n) is 4.61. The molecule has 0 amide bonds. The molecule has 0 radical (unpaired) electrons. The summed E-state index contributed by atoms with van der Waals surface area (Å²) in [6.45, 7) is 7.23. The van der Waals surface area contributed by atoms with Crippen molar-refractivity contribution < 1.29 is 0 Å². The zero-order valence-corrected chi connectivity index (χ0v) is 11.1. The molecule has 1 N–H and O–H groups in total. The number of hydrogen-bond donors (Lipinski definition) is 1. The maximum Gasteiger partial charge on any atom is 0.0948 e. The molecule has 0 saturated heterocycles. The van der Waals surface area contributed by atoms with Gasteiger partial charge in [0, 0.05) is 25.8 Å². The number of nitrogens with one attached hydrogen (secondary N) is 1. The summed E-state index contributed by atoms with van der Waals surface area (Å²) < 4.78 is 2.17. The molecule has 2 rings (SSSR count). The van der Waals surface area contributed by atoms with Gasteiger partial charge in [0.2, 0.25) is 0 Å². The lowest BCUT2D eigenvalue weighted by Crippen LogP contribution is -2.21. The van der Waals surface area contributed by atoms with E-state index < -0.39 is 0 Å². The van der Waals surface area contributed by atoms with Crippen molar-refractivity contribution in [1.29, 1.82) is 0 Å². The lowest BCUT2D eigenvalue weighted by molar-refractivity contribution is 0.586. The van der Waals surface area contributed by atoms with Gasteiger partial charge in [-0.2, -0.15) is 0 Å². The van der Waals surface area contributed by atoms with Crippen molar-refractivity contribution in [1.82, 2.24) is 14.9 Å². The van der Waals surface area contributed by atoms with Crippen LogP contribution in [0.15, 0.2) is 42.9 Å². The minimum Gasteiger partial charge on any atom is -0.334 e. The van der Waals surface area contributed by atoms with E-state index in [0.29, 0.717) is 5.92 Å². The predicted molar refractivity (Wildman–Crippen MR) is 74.5 cm³/mol. The minimum absolute atomic E-state index is 0.532. The predicted octanol–water partition coefficient (Wildman–Crippen LogP) is 2.80. The molecule has 0 bridgehead atoms. The number of aromatic nitrogens is 2. The van der Waals surface area contributed by atoms with Crippen molar-refractivity contribution in [3.05, 3.63) is 54.1 Å². The SMILES string of the molecule is CCn1cncc1CNCC(C)c1ccccc1. The van der Waals surface area contributed by atoms with E-state index in [9.17, 15) is 0 Å². The molecular formula is C15H21N3. The molecule has 0 saturated carbocycles. The Bertz CT molecular complexity index is 462. The highest BCUT2D eigenvalue weighted by atomic mass is 15.1. The fraction of sp³-hybridized carbons (Fsp3) is 0.400. The third-order valence-electron chi connectivity index (χ3n) is 3.26. The first-order valence-corrected chi connectivity index (χ1v) is 6.56. The molecule has 0 aliphatic heterocycles. The third-order valence-corrected chi connectivity index (χ3v) is 3.26. The number of rotatable bonds is 6. The molecule has 0 spiro atoms. The summed E-state index contributed by atoms with van der Waals surface area (Å²) in [5, 5.41) is 3.50. The second kappa shape index (κ2) is 6.36. The van der Waals surface area contributed by atoms with Crippen molar-refractivity contribution >= 4 is 0 Å². The number of hydrogen-bond acceptors (Lipinski definition) is 2. The van der Waals surface area contributed by atoms with Gasteiger partial charge in [-0.3, -0.25) is 0 Å². The summed E-state index contributed by atoms with van der Waals surface area (Å²) in [7, 11) is 0. The molecule has 96 valence electrons. The summed E-state index contributed by atoms with van der Waals surface area (Å²) >= 11 is 0. The molecule has 1 unspecified atom stereocenters. The first-order valence-electron chi connectivity index (χ1n) is 6.56. The minimum atomic E-state index is 0.532. The van der Waals surface area contributed by atoms with Crippen LogP contribution in [0.5, 0.6) is 0 Å². The van der Waals surface area contributed by atoms with Crippen molar-refractivity contribution in [2.24, 2.45) is 0 Å². The summed E-state index contributed by atoms with van der Waals surface area (Å²) in [5.74, 6) is 0.532. The lowest BCUT2D eigenvalue weighted by atomic mass is 10.0. The molecule has 1 aromatic carbocycles. The molecule has 0 aliphatic carbocycles. The molecule has 1 atom stereocenters. The number of benzene rings is 1. The van der Waals surface area contributed by atoms with Crippen molar-refractivity contribution in [3.8, 4) is 0 Å². The smallest absolute Gasteiger partial charge is 0.0948 e. The fourth-order valence-corrected chi connectivity index (χ4v) is 2.10. The average Bonchev–Trinajstić information content (AvgIpc) is 2.87. The zero-order valence-electron chi connectivity index (χ0n) is 11.1. The molecule has 0 aliphatic rings. The Kier molecular flexibility index (Phi) is 4.53. The van der Waals surface area contributed by atoms with Crippen molar-refractivity contribution in [3.63, 3.8) is 0 Å². The van der Waals surface area contributed by atoms with Crippen LogP contribution in [-0.4, -0.2) is 16.1 Å². The van der Waals surface area contributed by atoms with Crippen molar-refractivity contribution in [2.75, 3.05) is 6.54 Å². The third kappa shape index (κ3) is 3.20. The van der Waals surface area contributed by atoms with E-state index in [4.69, 9.17) is 0 Å². The van der Waals surface area contributed by atoms with Crippen LogP contribution < -0.4 is 5.32 Å². The molecule has 2 aromatic rings. The van der Waals surface area contributed by atoms with Gasteiger partial charge in [-0.05, 0) is 18.4 Å². The zero-order chi connectivity index (χ0) is 12.8. The summed E-state index contributed by atoms with van der Waals surface area (Å²) in [5.41, 5.74) is 2.63. The Morgan fingerprint density at radius 2 is 2.06 bits per heavy atom. The quantitative estimate of drug-likeness (QED) is 0.845. The standard InChI is InChI=1S/C15H21N3/c1-3-18-12-17-11-15(18)10-16-9-13(2)14-7-5-4-6-8-14/h4-8,11-13,16H,3,9-10H2,1-2H3. The van der Waals surface area contributed by atoms with Gasteiger partial charge in [0.25, 0.3) is 0 Å². The van der Waals surface area contributed by atoms with Crippen LogP contribution in [-0.2, 0) is 13.1 Å². The van der Waals surface area contributed by atoms with E-state index in [1.807, 2.05) is 12.5 Å². The Morgan fingerprint density at radius 1 is 1.28 bits per heavy atom. The highest BCUT2D eigenvalue weighted by Gasteiger charge is 2.05. The van der Waals surface area contributed by atoms with Gasteiger partial charge in [-0.25, -0.2) is 4.98 Å². The van der Waals surface area contributed by atoms with Gasteiger partial charge in [-0.15, -0.1) is 0 Å². The summed E-state index contributed by atoms with van der Waals surface area (Å²) in [4.78, 5) is 4.17. The molecule has 18 heavy (non-hydrogen) atoms. The van der Waals surface area contributed by atoms with E-state index >= 15 is 0 Å². The first-order chi connectivity index (χ1) is 8.81. The topological polar surface area (TPSA) is 29.9 Å². The molecule has 1 heterocycles. The number of imidazole rings is 1. The van der Waals surface area contributed by atoms with Crippen molar-refractivity contribution in [2.45, 2.75) is 32.9 Å². The van der Waals surface area contributed by atoms with Crippen LogP contribution in [0.25, 0.3) is 0 Å². The van der Waals surface area contributed by atoms with E-state index in [1.54, 1.807) is 0 Å². The first kappa shape index (κ1) is 12.8. The van der Waals surface area contributed by atoms with E-state index in [-0.39, 0.29) is 0 Å². The summed E-state index contributed by atoms with van der Waals surface area (Å²) in [6, 6.07) is 10.6. The van der Waals surface area contributed by atoms with Gasteiger partial charge in [-0.1, -0.05) is 37.3 Å². The Morgan fingerprint density at radius 3 is 2.78 bits per heavy atom. The molecule has 0 fully saturated rings. The number of nitrogens with zero attached hydrogens (tertiary/aromatic N) is 2. The van der Waals surface area contributed by atoms with E-state index in [2.05, 4.69) is 59.0 Å². The van der Waals surface area contributed by atoms with E-state index in [0.717, 1.165) is 19.6 Å². The Labute approximate surface area is 109 Å². The average molecular weight is 243 g/mol. The van der Waals surface area contributed by atoms with Crippen LogP contribution in [0, 0.1) is 0 Å². The second-order valence-corrected chi connectivity index (χ2v) is 4.61. The largest absolute Gasteiger partial charge is 0.334 e. The van der Waals surface area contributed by atoms with Crippen LogP contribution >= 0.6 is 0 Å². The monoisotopic (exact) mass is 243 g/mol. The fourth-order valence-electron chi connectivity index (χ4n) is 2.10. The Balaban J connectivity index is 1.82. The summed E-state index contributed by atoms with van der Waals surface area (Å²) in [6.07, 6.45) is 3.82. The molecule has 1 aromatic heterocycles. The van der Waals surface area contributed by atoms with Gasteiger partial charge < -0.3 is 9.88 Å². The van der Waals surface area contributed by atoms with Crippen LogP contribution in [0.3, 0.4) is 0 Å². The van der Waals surface area contributed by atoms with E-state index in [1.165, 1.54) is 11.3 Å². The van der Waals surface area contributed by atoms with Gasteiger partial charge in [0.15, 0.2) is 0 Å². The van der Waals surface area contributed by atoms with Crippen LogP contribution in [0.4, 0.5) is 0 Å². The highest BCUT2D eigenvalue weighted by Crippen LogP contribution is 2.13. The maximum atomic E-state index is 4.17. The molecule has 3 nitrogen and oxygen atoms in total. The molecular weight excluding hydrogens is 222 g/mol.